The van der Waals surface area contributed by atoms with Crippen LogP contribution in [0.25, 0.3) is 0 Å². The molecule has 1 aromatic carbocycles. The molecule has 0 aliphatic heterocycles. The van der Waals surface area contributed by atoms with Crippen molar-refractivity contribution in [2.24, 2.45) is 7.05 Å². The predicted octanol–water partition coefficient (Wildman–Crippen LogP) is 2.21. The van der Waals surface area contributed by atoms with Crippen molar-refractivity contribution < 1.29 is 14.3 Å². The predicted molar refractivity (Wildman–Crippen MR) is 94.4 cm³/mol. The number of benzene rings is 1. The van der Waals surface area contributed by atoms with E-state index in [0.29, 0.717) is 17.1 Å². The van der Waals surface area contributed by atoms with Gasteiger partial charge in [-0.2, -0.15) is 0 Å². The molecule has 2 aromatic rings. The third-order valence-corrected chi connectivity index (χ3v) is 4.67. The van der Waals surface area contributed by atoms with Crippen LogP contribution < -0.4 is 20.3 Å². The second-order valence-corrected chi connectivity index (χ2v) is 6.15. The van der Waals surface area contributed by atoms with Crippen LogP contribution in [0.4, 0.5) is 0 Å². The normalized spacial score (nSPS) is 16.0. The summed E-state index contributed by atoms with van der Waals surface area (Å²) in [6, 6.07) is 8.36. The van der Waals surface area contributed by atoms with Crippen LogP contribution in [0.15, 0.2) is 35.1 Å². The van der Waals surface area contributed by atoms with Crippen LogP contribution in [0.1, 0.15) is 40.5 Å². The van der Waals surface area contributed by atoms with Crippen LogP contribution in [-0.4, -0.2) is 24.7 Å². The van der Waals surface area contributed by atoms with E-state index in [-0.39, 0.29) is 17.5 Å². The quantitative estimate of drug-likeness (QED) is 0.925. The summed E-state index contributed by atoms with van der Waals surface area (Å²) in [5.41, 5.74) is 2.46. The Balaban J connectivity index is 1.88. The smallest absolute Gasteiger partial charge is 0.252 e. The first kappa shape index (κ1) is 17.1. The summed E-state index contributed by atoms with van der Waals surface area (Å²) in [5.74, 6) is 0.941. The lowest BCUT2D eigenvalue weighted by molar-refractivity contribution is 0.0931. The van der Waals surface area contributed by atoms with Crippen molar-refractivity contribution in [2.75, 3.05) is 14.2 Å². The van der Waals surface area contributed by atoms with Gasteiger partial charge in [-0.15, -0.1) is 0 Å². The van der Waals surface area contributed by atoms with Crippen LogP contribution in [0.3, 0.4) is 0 Å². The summed E-state index contributed by atoms with van der Waals surface area (Å²) < 4.78 is 12.1. The molecule has 1 amide bonds. The Kier molecular flexibility index (Phi) is 4.79. The van der Waals surface area contributed by atoms with E-state index >= 15 is 0 Å². The van der Waals surface area contributed by atoms with Gasteiger partial charge in [-0.3, -0.25) is 9.59 Å². The lowest BCUT2D eigenvalue weighted by Gasteiger charge is -2.27. The number of carbonyl (C=O) groups excluding carboxylic acids is 1. The third kappa shape index (κ3) is 3.38. The van der Waals surface area contributed by atoms with Gasteiger partial charge in [-0.25, -0.2) is 0 Å². The molecule has 0 spiro atoms. The average Bonchev–Trinajstić information content (AvgIpc) is 2.64. The zero-order chi connectivity index (χ0) is 18.0. The molecule has 0 radical (unpaired) electrons. The van der Waals surface area contributed by atoms with E-state index in [0.717, 1.165) is 30.5 Å². The Labute approximate surface area is 146 Å². The number of amides is 1. The molecule has 1 N–H and O–H groups in total. The highest BCUT2D eigenvalue weighted by Gasteiger charge is 2.24. The molecule has 1 heterocycles. The fourth-order valence-electron chi connectivity index (χ4n) is 3.28. The lowest BCUT2D eigenvalue weighted by Crippen LogP contribution is -2.34. The molecule has 1 aromatic heterocycles. The summed E-state index contributed by atoms with van der Waals surface area (Å²) >= 11 is 0. The molecule has 3 rings (SSSR count). The van der Waals surface area contributed by atoms with Gasteiger partial charge in [0.15, 0.2) is 0 Å². The number of aromatic nitrogens is 1. The third-order valence-electron chi connectivity index (χ3n) is 4.67. The Morgan fingerprint density at radius 3 is 2.48 bits per heavy atom. The highest BCUT2D eigenvalue weighted by molar-refractivity contribution is 5.95. The van der Waals surface area contributed by atoms with E-state index in [2.05, 4.69) is 5.32 Å². The Hall–Kier alpha value is -2.76. The molecule has 132 valence electrons. The molecule has 1 atom stereocenters. The Bertz CT molecular complexity index is 835. The monoisotopic (exact) mass is 342 g/mol. The number of methoxy groups -OCH3 is 2. The number of hydrogen-bond donors (Lipinski definition) is 1. The van der Waals surface area contributed by atoms with E-state index < -0.39 is 0 Å². The molecule has 6 nitrogen and oxygen atoms in total. The van der Waals surface area contributed by atoms with Crippen molar-refractivity contribution in [1.29, 1.82) is 0 Å². The number of carbonyl (C=O) groups is 1. The van der Waals surface area contributed by atoms with Gasteiger partial charge in [-0.05, 0) is 43.0 Å². The van der Waals surface area contributed by atoms with E-state index in [1.807, 2.05) is 6.07 Å². The van der Waals surface area contributed by atoms with E-state index in [4.69, 9.17) is 9.47 Å². The fraction of sp³-hybridized carbons (Fsp3) is 0.368. The van der Waals surface area contributed by atoms with E-state index in [1.165, 1.54) is 0 Å². The molecule has 1 unspecified atom stereocenters. The molecule has 0 bridgehead atoms. The van der Waals surface area contributed by atoms with Crippen LogP contribution in [0.5, 0.6) is 11.5 Å². The highest BCUT2D eigenvalue weighted by Crippen LogP contribution is 2.29. The largest absolute Gasteiger partial charge is 0.497 e. The van der Waals surface area contributed by atoms with E-state index in [9.17, 15) is 9.59 Å². The average molecular weight is 342 g/mol. The minimum atomic E-state index is -0.191. The van der Waals surface area contributed by atoms with Crippen LogP contribution in [0, 0.1) is 0 Å². The van der Waals surface area contributed by atoms with Gasteiger partial charge in [0.2, 0.25) is 5.56 Å². The molecular weight excluding hydrogens is 320 g/mol. The van der Waals surface area contributed by atoms with Crippen molar-refractivity contribution in [3.63, 3.8) is 0 Å². The maximum Gasteiger partial charge on any atom is 0.252 e. The minimum absolute atomic E-state index is 0.0248. The number of pyridine rings is 1. The van der Waals surface area contributed by atoms with Crippen molar-refractivity contribution in [1.82, 2.24) is 9.88 Å². The standard InChI is InChI=1S/C19H22N2O4/c1-21-17-6-4-5-16(15(17)7-8-18(21)22)20-19(23)12-9-13(24-2)11-14(10-12)25-3/h7-11,16H,4-6H2,1-3H3,(H,20,23). The summed E-state index contributed by atoms with van der Waals surface area (Å²) in [6.45, 7) is 0. The zero-order valence-corrected chi connectivity index (χ0v) is 14.7. The topological polar surface area (TPSA) is 69.6 Å². The van der Waals surface area contributed by atoms with Gasteiger partial charge in [0.05, 0.1) is 20.3 Å². The molecule has 0 saturated heterocycles. The van der Waals surface area contributed by atoms with Gasteiger partial charge >= 0.3 is 0 Å². The number of nitrogens with zero attached hydrogens (tertiary/aromatic N) is 1. The van der Waals surface area contributed by atoms with Gasteiger partial charge in [-0.1, -0.05) is 0 Å². The summed E-state index contributed by atoms with van der Waals surface area (Å²) in [6.07, 6.45) is 2.62. The highest BCUT2D eigenvalue weighted by atomic mass is 16.5. The van der Waals surface area contributed by atoms with Crippen LogP contribution in [0.2, 0.25) is 0 Å². The maximum absolute atomic E-state index is 12.7. The van der Waals surface area contributed by atoms with Crippen molar-refractivity contribution >= 4 is 5.91 Å². The lowest BCUT2D eigenvalue weighted by atomic mass is 9.90. The zero-order valence-electron chi connectivity index (χ0n) is 14.7. The molecular formula is C19H22N2O4. The number of hydrogen-bond acceptors (Lipinski definition) is 4. The van der Waals surface area contributed by atoms with Crippen LogP contribution >= 0.6 is 0 Å². The van der Waals surface area contributed by atoms with Gasteiger partial charge < -0.3 is 19.4 Å². The molecule has 1 aliphatic rings. The first-order valence-corrected chi connectivity index (χ1v) is 8.26. The molecule has 0 saturated carbocycles. The molecule has 25 heavy (non-hydrogen) atoms. The Morgan fingerprint density at radius 2 is 1.84 bits per heavy atom. The number of ether oxygens (including phenoxy) is 2. The van der Waals surface area contributed by atoms with Crippen molar-refractivity contribution in [3.05, 3.63) is 57.5 Å². The van der Waals surface area contributed by atoms with Gasteiger partial charge in [0.25, 0.3) is 5.91 Å². The molecule has 0 fully saturated rings. The van der Waals surface area contributed by atoms with Crippen molar-refractivity contribution in [2.45, 2.75) is 25.3 Å². The first-order chi connectivity index (χ1) is 12.0. The number of nitrogens with one attached hydrogen (secondary N) is 1. The van der Waals surface area contributed by atoms with Crippen molar-refractivity contribution in [3.8, 4) is 11.5 Å². The Morgan fingerprint density at radius 1 is 1.16 bits per heavy atom. The molecule has 6 heteroatoms. The number of fused-ring (bicyclic) bond motifs is 1. The summed E-state index contributed by atoms with van der Waals surface area (Å²) in [7, 11) is 4.88. The maximum atomic E-state index is 12.7. The number of rotatable bonds is 4. The second-order valence-electron chi connectivity index (χ2n) is 6.15. The second kappa shape index (κ2) is 7.01. The molecule has 1 aliphatic carbocycles. The van der Waals surface area contributed by atoms with Crippen LogP contribution in [-0.2, 0) is 13.5 Å². The van der Waals surface area contributed by atoms with Gasteiger partial charge in [0.1, 0.15) is 11.5 Å². The minimum Gasteiger partial charge on any atom is -0.497 e. The SMILES string of the molecule is COc1cc(OC)cc(C(=O)NC2CCCc3c2ccc(=O)n3C)c1. The fourth-order valence-corrected chi connectivity index (χ4v) is 3.28. The first-order valence-electron chi connectivity index (χ1n) is 8.26. The summed E-state index contributed by atoms with van der Waals surface area (Å²) in [5, 5.41) is 3.08. The van der Waals surface area contributed by atoms with E-state index in [1.54, 1.807) is 50.1 Å². The van der Waals surface area contributed by atoms with Gasteiger partial charge in [0, 0.05) is 30.4 Å². The summed E-state index contributed by atoms with van der Waals surface area (Å²) in [4.78, 5) is 24.6.